The van der Waals surface area contributed by atoms with E-state index in [4.69, 9.17) is 11.6 Å². The Morgan fingerprint density at radius 1 is 1.12 bits per heavy atom. The number of thiophene rings is 1. The van der Waals surface area contributed by atoms with Gasteiger partial charge in [-0.2, -0.15) is 5.10 Å². The highest BCUT2D eigenvalue weighted by Gasteiger charge is 2.28. The number of sulfonamides is 1. The molecule has 0 spiro atoms. The van der Waals surface area contributed by atoms with Crippen molar-refractivity contribution in [2.24, 2.45) is 0 Å². The summed E-state index contributed by atoms with van der Waals surface area (Å²) in [5.74, 6) is -0.112. The number of hydrogen-bond acceptors (Lipinski definition) is 5. The summed E-state index contributed by atoms with van der Waals surface area (Å²) in [5, 5.41) is 8.99. The summed E-state index contributed by atoms with van der Waals surface area (Å²) in [6.45, 7) is 2.35. The molecule has 1 aliphatic heterocycles. The van der Waals surface area contributed by atoms with E-state index in [0.717, 1.165) is 21.6 Å². The molecule has 1 aliphatic rings. The van der Waals surface area contributed by atoms with Gasteiger partial charge in [0, 0.05) is 22.6 Å². The monoisotopic (exact) mass is 486 g/mol. The van der Waals surface area contributed by atoms with Gasteiger partial charge in [-0.15, -0.1) is 11.3 Å². The molecule has 0 unspecified atom stereocenters. The Morgan fingerprint density at radius 2 is 1.91 bits per heavy atom. The maximum atomic E-state index is 13.0. The van der Waals surface area contributed by atoms with Crippen molar-refractivity contribution in [2.45, 2.75) is 13.3 Å². The molecule has 1 amide bonds. The average molecular weight is 487 g/mol. The number of benzene rings is 2. The van der Waals surface area contributed by atoms with E-state index in [9.17, 15) is 13.2 Å². The van der Waals surface area contributed by atoms with Crippen LogP contribution in [0.5, 0.6) is 0 Å². The topological polar surface area (TPSA) is 84.3 Å². The second-order valence-electron chi connectivity index (χ2n) is 7.55. The lowest BCUT2D eigenvalue weighted by Gasteiger charge is -2.17. The first-order valence-corrected chi connectivity index (χ1v) is 12.8. The Balaban J connectivity index is 1.44. The fraction of sp³-hybridized carbons (Fsp3) is 0.182. The Hall–Kier alpha value is -2.88. The van der Waals surface area contributed by atoms with Gasteiger partial charge in [0.2, 0.25) is 10.0 Å². The summed E-state index contributed by atoms with van der Waals surface area (Å²) in [6, 6.07) is 16.1. The molecule has 7 nitrogen and oxygen atoms in total. The fourth-order valence-electron chi connectivity index (χ4n) is 3.80. The number of anilines is 2. The van der Waals surface area contributed by atoms with E-state index < -0.39 is 10.0 Å². The molecule has 32 heavy (non-hydrogen) atoms. The highest BCUT2D eigenvalue weighted by Crippen LogP contribution is 2.32. The molecule has 2 aromatic heterocycles. The number of amides is 1. The highest BCUT2D eigenvalue weighted by molar-refractivity contribution is 7.93. The van der Waals surface area contributed by atoms with E-state index in [-0.39, 0.29) is 11.7 Å². The molecular weight excluding hydrogens is 468 g/mol. The first kappa shape index (κ1) is 21.0. The third kappa shape index (κ3) is 3.76. The van der Waals surface area contributed by atoms with Crippen molar-refractivity contribution in [1.82, 2.24) is 9.78 Å². The van der Waals surface area contributed by atoms with Crippen LogP contribution in [0, 0.1) is 6.92 Å². The standard InChI is InChI=1S/C22H19ClN4O3S2/c1-14-19-13-20(31-22(19)27(25-14)18-8-2-5-15(23)11-18)21(28)24-16-6-3-7-17(12-16)26-9-4-10-32(26,29)30/h2-3,5-8,11-13H,4,9-10H2,1H3,(H,24,28). The molecule has 0 radical (unpaired) electrons. The van der Waals surface area contributed by atoms with Crippen LogP contribution in [0.4, 0.5) is 11.4 Å². The summed E-state index contributed by atoms with van der Waals surface area (Å²) in [6.07, 6.45) is 0.601. The van der Waals surface area contributed by atoms with Gasteiger partial charge in [0.15, 0.2) is 0 Å². The predicted octanol–water partition coefficient (Wildman–Crippen LogP) is 4.84. The predicted molar refractivity (Wildman–Crippen MR) is 129 cm³/mol. The number of fused-ring (bicyclic) bond motifs is 1. The van der Waals surface area contributed by atoms with E-state index in [0.29, 0.717) is 34.2 Å². The lowest BCUT2D eigenvalue weighted by Crippen LogP contribution is -2.25. The normalized spacial score (nSPS) is 15.4. The number of hydrogen-bond donors (Lipinski definition) is 1. The molecule has 0 saturated carbocycles. The molecule has 1 fully saturated rings. The molecule has 3 heterocycles. The van der Waals surface area contributed by atoms with Gasteiger partial charge in [-0.25, -0.2) is 13.1 Å². The molecular formula is C22H19ClN4O3S2. The molecule has 164 valence electrons. The Kier molecular flexibility index (Phi) is 5.19. The largest absolute Gasteiger partial charge is 0.321 e. The van der Waals surface area contributed by atoms with Crippen molar-refractivity contribution in [3.63, 3.8) is 0 Å². The minimum atomic E-state index is -3.28. The van der Waals surface area contributed by atoms with Crippen LogP contribution in [0.3, 0.4) is 0 Å². The van der Waals surface area contributed by atoms with Crippen molar-refractivity contribution in [2.75, 3.05) is 21.9 Å². The third-order valence-electron chi connectivity index (χ3n) is 5.31. The molecule has 4 aromatic rings. The van der Waals surface area contributed by atoms with Crippen LogP contribution in [0.1, 0.15) is 21.8 Å². The van der Waals surface area contributed by atoms with Gasteiger partial charge in [0.25, 0.3) is 5.91 Å². The number of aromatic nitrogens is 2. The second kappa shape index (κ2) is 7.91. The van der Waals surface area contributed by atoms with Crippen molar-refractivity contribution < 1.29 is 13.2 Å². The van der Waals surface area contributed by atoms with E-state index in [2.05, 4.69) is 10.4 Å². The van der Waals surface area contributed by atoms with E-state index >= 15 is 0 Å². The summed E-state index contributed by atoms with van der Waals surface area (Å²) in [7, 11) is -3.28. The molecule has 2 aromatic carbocycles. The zero-order chi connectivity index (χ0) is 22.5. The smallest absolute Gasteiger partial charge is 0.265 e. The van der Waals surface area contributed by atoms with Crippen LogP contribution < -0.4 is 9.62 Å². The van der Waals surface area contributed by atoms with Crippen LogP contribution in [0.25, 0.3) is 15.9 Å². The minimum absolute atomic E-state index is 0.147. The van der Waals surface area contributed by atoms with Gasteiger partial charge in [-0.05, 0) is 55.8 Å². The Labute approximate surface area is 194 Å². The molecule has 1 N–H and O–H groups in total. The number of carbonyl (C=O) groups is 1. The van der Waals surface area contributed by atoms with Gasteiger partial charge in [0.1, 0.15) is 4.83 Å². The maximum absolute atomic E-state index is 13.0. The van der Waals surface area contributed by atoms with Gasteiger partial charge in [-0.3, -0.25) is 9.10 Å². The summed E-state index contributed by atoms with van der Waals surface area (Å²) >= 11 is 7.47. The van der Waals surface area contributed by atoms with Crippen LogP contribution in [-0.2, 0) is 10.0 Å². The Morgan fingerprint density at radius 3 is 2.66 bits per heavy atom. The molecule has 0 bridgehead atoms. The van der Waals surface area contributed by atoms with Crippen molar-refractivity contribution in [1.29, 1.82) is 0 Å². The highest BCUT2D eigenvalue weighted by atomic mass is 35.5. The fourth-order valence-corrected chi connectivity index (χ4v) is 6.62. The number of nitrogens with one attached hydrogen (secondary N) is 1. The average Bonchev–Trinajstić information content (AvgIpc) is 3.42. The van der Waals surface area contributed by atoms with E-state index in [1.807, 2.05) is 31.2 Å². The third-order valence-corrected chi connectivity index (χ3v) is 8.53. The van der Waals surface area contributed by atoms with Crippen molar-refractivity contribution in [3.05, 3.63) is 70.2 Å². The number of rotatable bonds is 4. The summed E-state index contributed by atoms with van der Waals surface area (Å²) in [4.78, 5) is 14.4. The summed E-state index contributed by atoms with van der Waals surface area (Å²) < 4.78 is 27.6. The maximum Gasteiger partial charge on any atom is 0.265 e. The number of aryl methyl sites for hydroxylation is 1. The van der Waals surface area contributed by atoms with E-state index in [1.54, 1.807) is 35.0 Å². The Bertz CT molecular complexity index is 1460. The van der Waals surface area contributed by atoms with Crippen molar-refractivity contribution >= 4 is 60.5 Å². The molecule has 1 saturated heterocycles. The molecule has 10 heteroatoms. The van der Waals surface area contributed by atoms with Gasteiger partial charge in [-0.1, -0.05) is 23.7 Å². The minimum Gasteiger partial charge on any atom is -0.321 e. The first-order valence-electron chi connectivity index (χ1n) is 9.99. The van der Waals surface area contributed by atoms with Gasteiger partial charge >= 0.3 is 0 Å². The van der Waals surface area contributed by atoms with Gasteiger partial charge in [0.05, 0.1) is 27.7 Å². The zero-order valence-corrected chi connectivity index (χ0v) is 19.5. The molecule has 0 aliphatic carbocycles. The lowest BCUT2D eigenvalue weighted by atomic mass is 10.2. The summed E-state index contributed by atoms with van der Waals surface area (Å²) in [5.41, 5.74) is 2.74. The lowest BCUT2D eigenvalue weighted by molar-refractivity contribution is 0.103. The van der Waals surface area contributed by atoms with Crippen LogP contribution in [-0.4, -0.2) is 36.4 Å². The number of halogens is 1. The number of nitrogens with zero attached hydrogens (tertiary/aromatic N) is 3. The SMILES string of the molecule is Cc1nn(-c2cccc(Cl)c2)c2sc(C(=O)Nc3cccc(N4CCCS4(=O)=O)c3)cc12. The van der Waals surface area contributed by atoms with Crippen LogP contribution in [0.2, 0.25) is 5.02 Å². The molecule has 5 rings (SSSR count). The second-order valence-corrected chi connectivity index (χ2v) is 11.0. The van der Waals surface area contributed by atoms with Gasteiger partial charge < -0.3 is 5.32 Å². The zero-order valence-electron chi connectivity index (χ0n) is 17.1. The number of carbonyl (C=O) groups excluding carboxylic acids is 1. The molecule has 0 atom stereocenters. The van der Waals surface area contributed by atoms with Crippen LogP contribution >= 0.6 is 22.9 Å². The van der Waals surface area contributed by atoms with Crippen molar-refractivity contribution in [3.8, 4) is 5.69 Å². The van der Waals surface area contributed by atoms with E-state index in [1.165, 1.54) is 15.6 Å². The van der Waals surface area contributed by atoms with Crippen LogP contribution in [0.15, 0.2) is 54.6 Å². The quantitative estimate of drug-likeness (QED) is 0.447. The first-order chi connectivity index (χ1) is 15.3.